The summed E-state index contributed by atoms with van der Waals surface area (Å²) in [7, 11) is 0. The second-order valence-electron chi connectivity index (χ2n) is 8.85. The third-order valence-corrected chi connectivity index (χ3v) is 6.31. The lowest BCUT2D eigenvalue weighted by Gasteiger charge is -2.24. The molecule has 5 nitrogen and oxygen atoms in total. The van der Waals surface area contributed by atoms with Gasteiger partial charge >= 0.3 is 5.97 Å². The molecule has 1 fully saturated rings. The van der Waals surface area contributed by atoms with Crippen LogP contribution in [0.15, 0.2) is 12.2 Å². The number of aliphatic hydroxyl groups is 1. The molecule has 5 heteroatoms. The van der Waals surface area contributed by atoms with Crippen LogP contribution in [0.5, 0.6) is 0 Å². The lowest BCUT2D eigenvalue weighted by Crippen LogP contribution is -2.36. The predicted molar refractivity (Wildman–Crippen MR) is 119 cm³/mol. The monoisotopic (exact) mass is 422 g/mol. The largest absolute Gasteiger partial charge is 0.466 e. The number of carbonyl (C=O) groups is 3. The first-order valence-electron chi connectivity index (χ1n) is 11.9. The molecule has 0 aromatic carbocycles. The molecule has 0 aliphatic heterocycles. The minimum atomic E-state index is -1.26. The molecule has 30 heavy (non-hydrogen) atoms. The van der Waals surface area contributed by atoms with Crippen LogP contribution in [0.2, 0.25) is 0 Å². The van der Waals surface area contributed by atoms with E-state index in [1.54, 1.807) is 0 Å². The van der Waals surface area contributed by atoms with E-state index in [0.717, 1.165) is 64.2 Å². The van der Waals surface area contributed by atoms with Crippen LogP contribution in [-0.4, -0.2) is 34.9 Å². The first-order chi connectivity index (χ1) is 14.3. The van der Waals surface area contributed by atoms with Gasteiger partial charge in [0.1, 0.15) is 11.4 Å². The van der Waals surface area contributed by atoms with E-state index in [-0.39, 0.29) is 23.6 Å². The van der Waals surface area contributed by atoms with Gasteiger partial charge in [0.25, 0.3) is 0 Å². The fourth-order valence-corrected chi connectivity index (χ4v) is 4.26. The Hall–Kier alpha value is -1.49. The summed E-state index contributed by atoms with van der Waals surface area (Å²) >= 11 is 0. The normalized spacial score (nSPS) is 21.1. The third kappa shape index (κ3) is 10.0. The summed E-state index contributed by atoms with van der Waals surface area (Å²) in [5, 5.41) is 10.6. The van der Waals surface area contributed by atoms with Gasteiger partial charge in [0.15, 0.2) is 5.78 Å². The van der Waals surface area contributed by atoms with Crippen molar-refractivity contribution in [1.29, 1.82) is 0 Å². The van der Waals surface area contributed by atoms with Gasteiger partial charge in [-0.2, -0.15) is 0 Å². The van der Waals surface area contributed by atoms with E-state index in [0.29, 0.717) is 31.7 Å². The van der Waals surface area contributed by atoms with Gasteiger partial charge in [0, 0.05) is 25.7 Å². The number of rotatable bonds is 16. The summed E-state index contributed by atoms with van der Waals surface area (Å²) in [5.74, 6) is 0.299. The molecule has 0 saturated heterocycles. The second-order valence-corrected chi connectivity index (χ2v) is 8.85. The zero-order valence-corrected chi connectivity index (χ0v) is 19.3. The van der Waals surface area contributed by atoms with Gasteiger partial charge in [-0.25, -0.2) is 0 Å². The van der Waals surface area contributed by atoms with Gasteiger partial charge in [-0.3, -0.25) is 14.4 Å². The summed E-state index contributed by atoms with van der Waals surface area (Å²) in [4.78, 5) is 34.9. The number of Topliss-reactive ketones (excluding diaryl/α,β-unsaturated/α-hetero) is 2. The molecule has 0 amide bonds. The molecule has 1 aliphatic rings. The van der Waals surface area contributed by atoms with Crippen molar-refractivity contribution in [2.45, 2.75) is 110 Å². The Labute approximate surface area is 182 Å². The Morgan fingerprint density at radius 3 is 2.40 bits per heavy atom. The molecular formula is C25H42O5. The molecule has 0 spiro atoms. The number of ether oxygens (including phenoxy) is 1. The fraction of sp³-hybridized carbons (Fsp3) is 0.800. The van der Waals surface area contributed by atoms with Gasteiger partial charge in [0.2, 0.25) is 0 Å². The minimum absolute atomic E-state index is 0.0891. The summed E-state index contributed by atoms with van der Waals surface area (Å²) in [6.07, 6.45) is 15.5. The van der Waals surface area contributed by atoms with Crippen LogP contribution in [0, 0.1) is 11.8 Å². The second kappa shape index (κ2) is 14.5. The third-order valence-electron chi connectivity index (χ3n) is 6.31. The highest BCUT2D eigenvalue weighted by Crippen LogP contribution is 2.34. The first kappa shape index (κ1) is 26.5. The fourth-order valence-electron chi connectivity index (χ4n) is 4.26. The van der Waals surface area contributed by atoms with E-state index in [1.165, 1.54) is 13.8 Å². The van der Waals surface area contributed by atoms with E-state index in [1.807, 2.05) is 13.0 Å². The van der Waals surface area contributed by atoms with Crippen molar-refractivity contribution in [1.82, 2.24) is 0 Å². The number of carbonyl (C=O) groups excluding carboxylic acids is 3. The van der Waals surface area contributed by atoms with Crippen LogP contribution in [0.25, 0.3) is 0 Å². The lowest BCUT2D eigenvalue weighted by atomic mass is 9.86. The molecule has 3 atom stereocenters. The summed E-state index contributed by atoms with van der Waals surface area (Å²) < 4.78 is 4.93. The van der Waals surface area contributed by atoms with E-state index < -0.39 is 5.60 Å². The molecule has 0 bridgehead atoms. The molecular weight excluding hydrogens is 380 g/mol. The van der Waals surface area contributed by atoms with Crippen LogP contribution < -0.4 is 0 Å². The SMILES string of the molecule is CCCCC(O)(CC=C[C@H]1CCC(=O)[C@@H]1CCCCCCCCOC(C)=O)C(C)=O. The zero-order chi connectivity index (χ0) is 22.4. The molecule has 1 saturated carbocycles. The lowest BCUT2D eigenvalue weighted by molar-refractivity contribution is -0.141. The standard InChI is InChI=1S/C25H42O5/c1-4-5-17-25(29,20(2)26)18-12-13-22-15-16-24(28)23(22)14-10-8-6-7-9-11-19-30-21(3)27/h12-13,22-23,29H,4-11,14-19H2,1-3H3/t22-,23+,25?/m0/s1. The van der Waals surface area contributed by atoms with Crippen LogP contribution in [0.3, 0.4) is 0 Å². The summed E-state index contributed by atoms with van der Waals surface area (Å²) in [5.41, 5.74) is -1.26. The average Bonchev–Trinajstić information content (AvgIpc) is 3.04. The number of esters is 1. The van der Waals surface area contributed by atoms with Crippen LogP contribution >= 0.6 is 0 Å². The predicted octanol–water partition coefficient (Wildman–Crippen LogP) is 5.33. The highest BCUT2D eigenvalue weighted by molar-refractivity contribution is 5.85. The zero-order valence-electron chi connectivity index (χ0n) is 19.3. The molecule has 1 unspecified atom stereocenters. The Balaban J connectivity index is 2.33. The van der Waals surface area contributed by atoms with Crippen LogP contribution in [0.1, 0.15) is 104 Å². The molecule has 1 aliphatic carbocycles. The van der Waals surface area contributed by atoms with Gasteiger partial charge in [0.05, 0.1) is 6.61 Å². The number of hydrogen-bond acceptors (Lipinski definition) is 5. The van der Waals surface area contributed by atoms with Crippen molar-refractivity contribution < 1.29 is 24.2 Å². The molecule has 0 aromatic rings. The molecule has 1 N–H and O–H groups in total. The molecule has 0 aromatic heterocycles. The van der Waals surface area contributed by atoms with Crippen molar-refractivity contribution in [2.24, 2.45) is 11.8 Å². The van der Waals surface area contributed by atoms with Crippen LogP contribution in [0.4, 0.5) is 0 Å². The van der Waals surface area contributed by atoms with Crippen LogP contribution in [-0.2, 0) is 19.1 Å². The van der Waals surface area contributed by atoms with Gasteiger partial charge in [-0.15, -0.1) is 0 Å². The maximum Gasteiger partial charge on any atom is 0.302 e. The van der Waals surface area contributed by atoms with Crippen molar-refractivity contribution >= 4 is 17.5 Å². The van der Waals surface area contributed by atoms with Crippen molar-refractivity contribution in [3.63, 3.8) is 0 Å². The highest BCUT2D eigenvalue weighted by atomic mass is 16.5. The number of hydrogen-bond donors (Lipinski definition) is 1. The van der Waals surface area contributed by atoms with E-state index in [2.05, 4.69) is 6.08 Å². The maximum absolute atomic E-state index is 12.3. The van der Waals surface area contributed by atoms with Crippen molar-refractivity contribution in [3.05, 3.63) is 12.2 Å². The van der Waals surface area contributed by atoms with Gasteiger partial charge < -0.3 is 9.84 Å². The molecule has 172 valence electrons. The Morgan fingerprint density at radius 2 is 1.77 bits per heavy atom. The molecule has 0 radical (unpaired) electrons. The van der Waals surface area contributed by atoms with Crippen molar-refractivity contribution in [3.8, 4) is 0 Å². The molecule has 1 rings (SSSR count). The Bertz CT molecular complexity index is 568. The Kier molecular flexibility index (Phi) is 12.8. The first-order valence-corrected chi connectivity index (χ1v) is 11.9. The Morgan fingerprint density at radius 1 is 1.10 bits per heavy atom. The smallest absolute Gasteiger partial charge is 0.302 e. The van der Waals surface area contributed by atoms with Crippen molar-refractivity contribution in [2.75, 3.05) is 6.61 Å². The number of unbranched alkanes of at least 4 members (excludes halogenated alkanes) is 6. The molecule has 0 heterocycles. The average molecular weight is 423 g/mol. The quantitative estimate of drug-likeness (QED) is 0.206. The topological polar surface area (TPSA) is 80.7 Å². The number of allylic oxidation sites excluding steroid dienone is 1. The number of ketones is 2. The minimum Gasteiger partial charge on any atom is -0.466 e. The summed E-state index contributed by atoms with van der Waals surface area (Å²) in [6, 6.07) is 0. The van der Waals surface area contributed by atoms with E-state index >= 15 is 0 Å². The summed E-state index contributed by atoms with van der Waals surface area (Å²) in [6.45, 7) is 5.45. The highest BCUT2D eigenvalue weighted by Gasteiger charge is 2.33. The maximum atomic E-state index is 12.3. The van der Waals surface area contributed by atoms with E-state index in [4.69, 9.17) is 4.74 Å². The van der Waals surface area contributed by atoms with E-state index in [9.17, 15) is 19.5 Å². The van der Waals surface area contributed by atoms with Gasteiger partial charge in [-0.05, 0) is 38.5 Å². The van der Waals surface area contributed by atoms with Gasteiger partial charge in [-0.1, -0.05) is 64.0 Å².